The van der Waals surface area contributed by atoms with Crippen molar-refractivity contribution in [1.82, 2.24) is 9.97 Å². The summed E-state index contributed by atoms with van der Waals surface area (Å²) in [5, 5.41) is 8.77. The van der Waals surface area contributed by atoms with Gasteiger partial charge in [-0.15, -0.1) is 0 Å². The molecule has 0 aliphatic heterocycles. The van der Waals surface area contributed by atoms with Crippen LogP contribution in [0.15, 0.2) is 36.5 Å². The van der Waals surface area contributed by atoms with Gasteiger partial charge in [0.25, 0.3) is 0 Å². The highest BCUT2D eigenvalue weighted by atomic mass is 14.9. The third-order valence-electron chi connectivity index (χ3n) is 1.95. The van der Waals surface area contributed by atoms with Crippen LogP contribution in [0.1, 0.15) is 5.69 Å². The fourth-order valence-corrected chi connectivity index (χ4v) is 1.21. The second-order valence-corrected chi connectivity index (χ2v) is 2.98. The second-order valence-electron chi connectivity index (χ2n) is 2.98. The molecule has 1 aromatic heterocycles. The van der Waals surface area contributed by atoms with Crippen LogP contribution in [0, 0.1) is 11.3 Å². The highest BCUT2D eigenvalue weighted by Gasteiger charge is 2.04. The molecule has 0 fully saturated rings. The third-order valence-corrected chi connectivity index (χ3v) is 1.95. The summed E-state index contributed by atoms with van der Waals surface area (Å²) in [6.07, 6.45) is 1.45. The van der Waals surface area contributed by atoms with Gasteiger partial charge in [-0.1, -0.05) is 30.3 Å². The van der Waals surface area contributed by atoms with Gasteiger partial charge in [0.15, 0.2) is 11.5 Å². The molecule has 0 saturated carbocycles. The Hall–Kier alpha value is -2.41. The molecule has 72 valence electrons. The van der Waals surface area contributed by atoms with E-state index >= 15 is 0 Å². The van der Waals surface area contributed by atoms with E-state index in [0.29, 0.717) is 11.5 Å². The van der Waals surface area contributed by atoms with Crippen molar-refractivity contribution in [2.75, 3.05) is 5.73 Å². The van der Waals surface area contributed by atoms with Crippen molar-refractivity contribution in [2.45, 2.75) is 0 Å². The predicted molar refractivity (Wildman–Crippen MR) is 56.6 cm³/mol. The quantitative estimate of drug-likeness (QED) is 0.751. The molecular weight excluding hydrogens is 188 g/mol. The SMILES string of the molecule is N#Cc1nc(-c2ccccc2)ncc1N. The summed E-state index contributed by atoms with van der Waals surface area (Å²) in [4.78, 5) is 8.13. The van der Waals surface area contributed by atoms with Crippen molar-refractivity contribution >= 4 is 5.69 Å². The average Bonchev–Trinajstić information content (AvgIpc) is 2.31. The van der Waals surface area contributed by atoms with E-state index in [1.54, 1.807) is 0 Å². The van der Waals surface area contributed by atoms with Gasteiger partial charge in [-0.25, -0.2) is 9.97 Å². The minimum atomic E-state index is 0.212. The topological polar surface area (TPSA) is 75.6 Å². The highest BCUT2D eigenvalue weighted by molar-refractivity contribution is 5.58. The van der Waals surface area contributed by atoms with Gasteiger partial charge in [0, 0.05) is 5.56 Å². The second kappa shape index (κ2) is 3.76. The van der Waals surface area contributed by atoms with Gasteiger partial charge < -0.3 is 5.73 Å². The zero-order chi connectivity index (χ0) is 10.7. The number of benzene rings is 1. The van der Waals surface area contributed by atoms with E-state index in [1.807, 2.05) is 36.4 Å². The number of anilines is 1. The summed E-state index contributed by atoms with van der Waals surface area (Å²) in [5.41, 5.74) is 6.91. The summed E-state index contributed by atoms with van der Waals surface area (Å²) in [6.45, 7) is 0. The normalized spacial score (nSPS) is 9.53. The molecule has 1 heterocycles. The first-order valence-corrected chi connectivity index (χ1v) is 4.39. The maximum Gasteiger partial charge on any atom is 0.167 e. The van der Waals surface area contributed by atoms with E-state index in [2.05, 4.69) is 9.97 Å². The van der Waals surface area contributed by atoms with Gasteiger partial charge in [0.2, 0.25) is 0 Å². The van der Waals surface area contributed by atoms with Gasteiger partial charge in [-0.2, -0.15) is 5.26 Å². The van der Waals surface area contributed by atoms with E-state index in [9.17, 15) is 0 Å². The first kappa shape index (κ1) is 9.16. The van der Waals surface area contributed by atoms with Crippen LogP contribution < -0.4 is 5.73 Å². The van der Waals surface area contributed by atoms with Crippen LogP contribution in [-0.4, -0.2) is 9.97 Å². The largest absolute Gasteiger partial charge is 0.395 e. The Morgan fingerprint density at radius 1 is 1.20 bits per heavy atom. The van der Waals surface area contributed by atoms with Crippen molar-refractivity contribution in [3.05, 3.63) is 42.2 Å². The van der Waals surface area contributed by atoms with Crippen LogP contribution in [0.25, 0.3) is 11.4 Å². The van der Waals surface area contributed by atoms with Gasteiger partial charge >= 0.3 is 0 Å². The molecule has 2 rings (SSSR count). The van der Waals surface area contributed by atoms with Crippen molar-refractivity contribution in [1.29, 1.82) is 5.26 Å². The number of nitrogens with zero attached hydrogens (tertiary/aromatic N) is 3. The summed E-state index contributed by atoms with van der Waals surface area (Å²) in [7, 11) is 0. The average molecular weight is 196 g/mol. The predicted octanol–water partition coefficient (Wildman–Crippen LogP) is 1.60. The molecule has 0 aliphatic carbocycles. The molecule has 2 N–H and O–H groups in total. The number of aromatic nitrogens is 2. The van der Waals surface area contributed by atoms with E-state index in [0.717, 1.165) is 5.56 Å². The van der Waals surface area contributed by atoms with Gasteiger partial charge in [-0.05, 0) is 0 Å². The van der Waals surface area contributed by atoms with E-state index < -0.39 is 0 Å². The Labute approximate surface area is 87.0 Å². The molecule has 2 aromatic rings. The zero-order valence-electron chi connectivity index (χ0n) is 7.88. The number of rotatable bonds is 1. The van der Waals surface area contributed by atoms with Crippen LogP contribution in [0.2, 0.25) is 0 Å². The highest BCUT2D eigenvalue weighted by Crippen LogP contribution is 2.16. The summed E-state index contributed by atoms with van der Waals surface area (Å²) >= 11 is 0. The maximum atomic E-state index is 8.77. The number of nitrogens with two attached hydrogens (primary N) is 1. The first-order valence-electron chi connectivity index (χ1n) is 4.39. The van der Waals surface area contributed by atoms with Crippen molar-refractivity contribution in [3.63, 3.8) is 0 Å². The number of hydrogen-bond acceptors (Lipinski definition) is 4. The molecule has 0 aliphatic rings. The van der Waals surface area contributed by atoms with Crippen molar-refractivity contribution in [2.24, 2.45) is 0 Å². The smallest absolute Gasteiger partial charge is 0.167 e. The van der Waals surface area contributed by atoms with E-state index in [4.69, 9.17) is 11.0 Å². The van der Waals surface area contributed by atoms with E-state index in [1.165, 1.54) is 6.20 Å². The molecule has 0 unspecified atom stereocenters. The lowest BCUT2D eigenvalue weighted by Crippen LogP contribution is -1.98. The molecule has 15 heavy (non-hydrogen) atoms. The van der Waals surface area contributed by atoms with Crippen LogP contribution >= 0.6 is 0 Å². The Morgan fingerprint density at radius 3 is 2.60 bits per heavy atom. The van der Waals surface area contributed by atoms with Crippen LogP contribution in [0.5, 0.6) is 0 Å². The first-order chi connectivity index (χ1) is 7.31. The van der Waals surface area contributed by atoms with Gasteiger partial charge in [-0.3, -0.25) is 0 Å². The number of nitriles is 1. The Morgan fingerprint density at radius 2 is 1.93 bits per heavy atom. The van der Waals surface area contributed by atoms with Crippen LogP contribution in [-0.2, 0) is 0 Å². The molecular formula is C11H8N4. The molecule has 0 amide bonds. The molecule has 1 aromatic carbocycles. The maximum absolute atomic E-state index is 8.77. The lowest BCUT2D eigenvalue weighted by atomic mass is 10.2. The Bertz CT molecular complexity index is 514. The summed E-state index contributed by atoms with van der Waals surface area (Å²) in [5.74, 6) is 0.515. The third kappa shape index (κ3) is 1.76. The molecule has 0 saturated heterocycles. The Balaban J connectivity index is 2.52. The van der Waals surface area contributed by atoms with E-state index in [-0.39, 0.29) is 5.69 Å². The lowest BCUT2D eigenvalue weighted by molar-refractivity contribution is 1.15. The van der Waals surface area contributed by atoms with Crippen LogP contribution in [0.3, 0.4) is 0 Å². The number of nitrogen functional groups attached to an aromatic ring is 1. The molecule has 0 bridgehead atoms. The number of hydrogen-bond donors (Lipinski definition) is 1. The summed E-state index contributed by atoms with van der Waals surface area (Å²) in [6, 6.07) is 11.4. The fourth-order valence-electron chi connectivity index (χ4n) is 1.21. The lowest BCUT2D eigenvalue weighted by Gasteiger charge is -2.01. The van der Waals surface area contributed by atoms with Crippen LogP contribution in [0.4, 0.5) is 5.69 Å². The minimum absolute atomic E-state index is 0.212. The zero-order valence-corrected chi connectivity index (χ0v) is 7.88. The van der Waals surface area contributed by atoms with Crippen molar-refractivity contribution < 1.29 is 0 Å². The molecule has 0 atom stereocenters. The van der Waals surface area contributed by atoms with Crippen molar-refractivity contribution in [3.8, 4) is 17.5 Å². The standard InChI is InChI=1S/C11H8N4/c12-6-10-9(13)7-14-11(15-10)8-4-2-1-3-5-8/h1-5,7H,13H2. The minimum Gasteiger partial charge on any atom is -0.395 e. The van der Waals surface area contributed by atoms with Gasteiger partial charge in [0.1, 0.15) is 6.07 Å². The van der Waals surface area contributed by atoms with Gasteiger partial charge in [0.05, 0.1) is 11.9 Å². The molecule has 0 spiro atoms. The summed E-state index contributed by atoms with van der Waals surface area (Å²) < 4.78 is 0. The molecule has 0 radical (unpaired) electrons. The molecule has 4 heteroatoms. The monoisotopic (exact) mass is 196 g/mol. The Kier molecular flexibility index (Phi) is 2.30. The molecule has 4 nitrogen and oxygen atoms in total. The fraction of sp³-hybridized carbons (Fsp3) is 0.